The number of aliphatic imine (C=N–C) groups is 1. The highest BCUT2D eigenvalue weighted by atomic mass is 16.5. The highest BCUT2D eigenvalue weighted by Gasteiger charge is 1.96. The van der Waals surface area contributed by atoms with E-state index in [0.717, 1.165) is 25.5 Å². The summed E-state index contributed by atoms with van der Waals surface area (Å²) in [4.78, 5) is 4.40. The van der Waals surface area contributed by atoms with Crippen molar-refractivity contribution in [2.45, 2.75) is 13.3 Å². The Labute approximate surface area is 109 Å². The third-order valence-corrected chi connectivity index (χ3v) is 2.46. The van der Waals surface area contributed by atoms with Crippen LogP contribution in [0.3, 0.4) is 0 Å². The third-order valence-electron chi connectivity index (χ3n) is 2.46. The summed E-state index contributed by atoms with van der Waals surface area (Å²) in [6.07, 6.45) is 0.996. The van der Waals surface area contributed by atoms with Gasteiger partial charge in [0.15, 0.2) is 5.96 Å². The molecule has 0 amide bonds. The number of hydrogen-bond acceptors (Lipinski definition) is 2. The molecule has 0 aliphatic carbocycles. The lowest BCUT2D eigenvalue weighted by Gasteiger charge is -2.11. The molecule has 1 rings (SSSR count). The Balaban J connectivity index is 2.31. The molecule has 0 saturated heterocycles. The van der Waals surface area contributed by atoms with E-state index in [1.54, 1.807) is 7.11 Å². The van der Waals surface area contributed by atoms with Crippen LogP contribution in [0.15, 0.2) is 35.3 Å². The Bertz CT molecular complexity index is 338. The Hall–Kier alpha value is -1.55. The first-order chi connectivity index (χ1) is 8.86. The molecule has 0 aromatic heterocycles. The summed E-state index contributed by atoms with van der Waals surface area (Å²) in [5.74, 6) is 0.852. The van der Waals surface area contributed by atoms with Gasteiger partial charge in [-0.2, -0.15) is 0 Å². The number of hydrogen-bond donors (Lipinski definition) is 2. The molecular weight excluding hydrogens is 226 g/mol. The SMILES string of the molecule is CCNC(=NCCOC)NCCc1ccccc1. The molecule has 0 heterocycles. The molecule has 2 N–H and O–H groups in total. The van der Waals surface area contributed by atoms with E-state index in [2.05, 4.69) is 46.8 Å². The fraction of sp³-hybridized carbons (Fsp3) is 0.500. The van der Waals surface area contributed by atoms with Gasteiger partial charge in [-0.15, -0.1) is 0 Å². The number of methoxy groups -OCH3 is 1. The van der Waals surface area contributed by atoms with Gasteiger partial charge < -0.3 is 15.4 Å². The Morgan fingerprint density at radius 3 is 2.67 bits per heavy atom. The number of ether oxygens (including phenoxy) is 1. The minimum atomic E-state index is 0.648. The predicted molar refractivity (Wildman–Crippen MR) is 76.0 cm³/mol. The fourth-order valence-corrected chi connectivity index (χ4v) is 1.56. The Morgan fingerprint density at radius 1 is 1.22 bits per heavy atom. The van der Waals surface area contributed by atoms with Gasteiger partial charge in [-0.05, 0) is 18.9 Å². The summed E-state index contributed by atoms with van der Waals surface area (Å²) >= 11 is 0. The molecule has 1 aromatic carbocycles. The van der Waals surface area contributed by atoms with Crippen LogP contribution in [0, 0.1) is 0 Å². The van der Waals surface area contributed by atoms with E-state index in [9.17, 15) is 0 Å². The van der Waals surface area contributed by atoms with Crippen molar-refractivity contribution in [3.05, 3.63) is 35.9 Å². The fourth-order valence-electron chi connectivity index (χ4n) is 1.56. The molecule has 0 fully saturated rings. The second-order valence-corrected chi connectivity index (χ2v) is 3.92. The molecule has 18 heavy (non-hydrogen) atoms. The summed E-state index contributed by atoms with van der Waals surface area (Å²) in [5, 5.41) is 6.52. The second kappa shape index (κ2) is 9.48. The minimum Gasteiger partial charge on any atom is -0.383 e. The van der Waals surface area contributed by atoms with Gasteiger partial charge >= 0.3 is 0 Å². The molecule has 0 saturated carbocycles. The molecule has 100 valence electrons. The van der Waals surface area contributed by atoms with Crippen LogP contribution < -0.4 is 10.6 Å². The largest absolute Gasteiger partial charge is 0.383 e. The summed E-state index contributed by atoms with van der Waals surface area (Å²) in [5.41, 5.74) is 1.33. The molecule has 0 atom stereocenters. The van der Waals surface area contributed by atoms with Crippen LogP contribution in [0.4, 0.5) is 0 Å². The standard InChI is InChI=1S/C14H23N3O/c1-3-15-14(17-11-12-18-2)16-10-9-13-7-5-4-6-8-13/h4-8H,3,9-12H2,1-2H3,(H2,15,16,17). The van der Waals surface area contributed by atoms with E-state index in [1.807, 2.05) is 6.07 Å². The van der Waals surface area contributed by atoms with E-state index >= 15 is 0 Å². The zero-order valence-electron chi connectivity index (χ0n) is 11.3. The minimum absolute atomic E-state index is 0.648. The normalized spacial score (nSPS) is 11.3. The van der Waals surface area contributed by atoms with Crippen LogP contribution in [-0.2, 0) is 11.2 Å². The summed E-state index contributed by atoms with van der Waals surface area (Å²) < 4.78 is 4.98. The average molecular weight is 249 g/mol. The van der Waals surface area contributed by atoms with E-state index in [4.69, 9.17) is 4.74 Å². The number of benzene rings is 1. The lowest BCUT2D eigenvalue weighted by atomic mass is 10.1. The maximum Gasteiger partial charge on any atom is 0.191 e. The first-order valence-corrected chi connectivity index (χ1v) is 6.42. The van der Waals surface area contributed by atoms with Crippen molar-refractivity contribution in [3.63, 3.8) is 0 Å². The number of nitrogens with zero attached hydrogens (tertiary/aromatic N) is 1. The molecule has 0 aliphatic heterocycles. The van der Waals surface area contributed by atoms with Gasteiger partial charge in [0.2, 0.25) is 0 Å². The molecule has 0 radical (unpaired) electrons. The first kappa shape index (κ1) is 14.5. The van der Waals surface area contributed by atoms with E-state index in [-0.39, 0.29) is 0 Å². The molecule has 0 bridgehead atoms. The number of rotatable bonds is 7. The second-order valence-electron chi connectivity index (χ2n) is 3.92. The summed E-state index contributed by atoms with van der Waals surface area (Å²) in [6.45, 7) is 5.13. The van der Waals surface area contributed by atoms with Crippen LogP contribution in [-0.4, -0.2) is 39.3 Å². The maximum atomic E-state index is 4.98. The highest BCUT2D eigenvalue weighted by molar-refractivity contribution is 5.79. The van der Waals surface area contributed by atoms with Gasteiger partial charge in [0.05, 0.1) is 13.2 Å². The summed E-state index contributed by atoms with van der Waals surface area (Å²) in [7, 11) is 1.69. The topological polar surface area (TPSA) is 45.7 Å². The number of nitrogens with one attached hydrogen (secondary N) is 2. The molecule has 4 heteroatoms. The van der Waals surface area contributed by atoms with E-state index in [1.165, 1.54) is 5.56 Å². The van der Waals surface area contributed by atoms with E-state index in [0.29, 0.717) is 13.2 Å². The van der Waals surface area contributed by atoms with Gasteiger partial charge in [-0.3, -0.25) is 4.99 Å². The lowest BCUT2D eigenvalue weighted by molar-refractivity contribution is 0.208. The Morgan fingerprint density at radius 2 is 2.00 bits per heavy atom. The van der Waals surface area contributed by atoms with Crippen LogP contribution in [0.1, 0.15) is 12.5 Å². The zero-order chi connectivity index (χ0) is 13.1. The number of guanidine groups is 1. The van der Waals surface area contributed by atoms with E-state index < -0.39 is 0 Å². The third kappa shape index (κ3) is 6.25. The quantitative estimate of drug-likeness (QED) is 0.436. The molecule has 1 aromatic rings. The van der Waals surface area contributed by atoms with Gasteiger partial charge in [0.1, 0.15) is 0 Å². The van der Waals surface area contributed by atoms with Gasteiger partial charge in [-0.25, -0.2) is 0 Å². The van der Waals surface area contributed by atoms with Crippen molar-refractivity contribution in [2.24, 2.45) is 4.99 Å². The smallest absolute Gasteiger partial charge is 0.191 e. The van der Waals surface area contributed by atoms with Crippen molar-refractivity contribution in [2.75, 3.05) is 33.4 Å². The van der Waals surface area contributed by atoms with Crippen molar-refractivity contribution >= 4 is 5.96 Å². The average Bonchev–Trinajstić information content (AvgIpc) is 2.40. The summed E-state index contributed by atoms with van der Waals surface area (Å²) in [6, 6.07) is 10.4. The van der Waals surface area contributed by atoms with Crippen LogP contribution in [0.25, 0.3) is 0 Å². The Kier molecular flexibility index (Phi) is 7.64. The van der Waals surface area contributed by atoms with Crippen molar-refractivity contribution in [3.8, 4) is 0 Å². The molecule has 4 nitrogen and oxygen atoms in total. The zero-order valence-corrected chi connectivity index (χ0v) is 11.3. The maximum absolute atomic E-state index is 4.98. The predicted octanol–water partition coefficient (Wildman–Crippen LogP) is 1.43. The van der Waals surface area contributed by atoms with Crippen LogP contribution in [0.5, 0.6) is 0 Å². The van der Waals surface area contributed by atoms with Gasteiger partial charge in [0.25, 0.3) is 0 Å². The van der Waals surface area contributed by atoms with Crippen molar-refractivity contribution in [1.29, 1.82) is 0 Å². The van der Waals surface area contributed by atoms with Crippen LogP contribution >= 0.6 is 0 Å². The monoisotopic (exact) mass is 249 g/mol. The lowest BCUT2D eigenvalue weighted by Crippen LogP contribution is -2.38. The van der Waals surface area contributed by atoms with Gasteiger partial charge in [-0.1, -0.05) is 30.3 Å². The van der Waals surface area contributed by atoms with Crippen molar-refractivity contribution < 1.29 is 4.74 Å². The molecule has 0 aliphatic rings. The molecule has 0 spiro atoms. The van der Waals surface area contributed by atoms with Crippen molar-refractivity contribution in [1.82, 2.24) is 10.6 Å². The van der Waals surface area contributed by atoms with Crippen LogP contribution in [0.2, 0.25) is 0 Å². The highest BCUT2D eigenvalue weighted by Crippen LogP contribution is 1.97. The molecular formula is C14H23N3O. The molecule has 0 unspecified atom stereocenters. The van der Waals surface area contributed by atoms with Gasteiger partial charge in [0, 0.05) is 20.2 Å². The first-order valence-electron chi connectivity index (χ1n) is 6.42.